The van der Waals surface area contributed by atoms with Crippen LogP contribution in [0, 0.1) is 6.92 Å². The predicted molar refractivity (Wildman–Crippen MR) is 70.8 cm³/mol. The summed E-state index contributed by atoms with van der Waals surface area (Å²) in [7, 11) is 0. The number of halogens is 1. The summed E-state index contributed by atoms with van der Waals surface area (Å²) in [6.07, 6.45) is 6.58. The molecule has 1 aromatic carbocycles. The number of benzene rings is 1. The number of anilines is 1. The molecule has 1 aliphatic carbocycles. The zero-order chi connectivity index (χ0) is 11.5. The number of ether oxygens (including phenoxy) is 1. The van der Waals surface area contributed by atoms with Gasteiger partial charge in [0, 0.05) is 4.47 Å². The van der Waals surface area contributed by atoms with Gasteiger partial charge in [0.05, 0.1) is 11.8 Å². The molecule has 0 aliphatic heterocycles. The average Bonchev–Trinajstić information content (AvgIpc) is 2.25. The minimum atomic E-state index is 0.357. The van der Waals surface area contributed by atoms with Crippen LogP contribution in [0.15, 0.2) is 16.6 Å². The Kier molecular flexibility index (Phi) is 3.74. The largest absolute Gasteiger partial charge is 0.488 e. The summed E-state index contributed by atoms with van der Waals surface area (Å²) in [5.41, 5.74) is 7.83. The van der Waals surface area contributed by atoms with Crippen molar-refractivity contribution in [2.75, 3.05) is 5.73 Å². The molecule has 2 rings (SSSR count). The third kappa shape index (κ3) is 2.70. The van der Waals surface area contributed by atoms with Crippen molar-refractivity contribution < 1.29 is 4.74 Å². The highest BCUT2D eigenvalue weighted by Gasteiger charge is 2.17. The van der Waals surface area contributed by atoms with Crippen LogP contribution in [-0.4, -0.2) is 6.10 Å². The summed E-state index contributed by atoms with van der Waals surface area (Å²) in [5.74, 6) is 0.870. The summed E-state index contributed by atoms with van der Waals surface area (Å²) in [4.78, 5) is 0. The molecule has 0 unspecified atom stereocenters. The molecular formula is C13H18BrNO. The van der Waals surface area contributed by atoms with Crippen LogP contribution >= 0.6 is 15.9 Å². The standard InChI is InChI=1S/C13H18BrNO/c1-9-7-10(14)8-12(15)13(9)16-11-5-3-2-4-6-11/h7-8,11H,2-6,15H2,1H3. The van der Waals surface area contributed by atoms with Gasteiger partial charge < -0.3 is 10.5 Å². The smallest absolute Gasteiger partial charge is 0.145 e. The minimum Gasteiger partial charge on any atom is -0.488 e. The Morgan fingerprint density at radius 3 is 2.56 bits per heavy atom. The minimum absolute atomic E-state index is 0.357. The topological polar surface area (TPSA) is 35.2 Å². The number of nitrogens with two attached hydrogens (primary N) is 1. The SMILES string of the molecule is Cc1cc(Br)cc(N)c1OC1CCCCC1. The van der Waals surface area contributed by atoms with Crippen molar-refractivity contribution in [2.24, 2.45) is 0 Å². The van der Waals surface area contributed by atoms with Crippen molar-refractivity contribution in [3.8, 4) is 5.75 Å². The zero-order valence-corrected chi connectivity index (χ0v) is 11.2. The number of rotatable bonds is 2. The summed E-state index contributed by atoms with van der Waals surface area (Å²) in [6, 6.07) is 3.96. The van der Waals surface area contributed by atoms with Gasteiger partial charge in [0.25, 0.3) is 0 Å². The molecule has 0 radical (unpaired) electrons. The Labute approximate surface area is 105 Å². The van der Waals surface area contributed by atoms with Gasteiger partial charge in [-0.3, -0.25) is 0 Å². The van der Waals surface area contributed by atoms with Gasteiger partial charge in [-0.05, 0) is 50.3 Å². The maximum atomic E-state index is 6.03. The Morgan fingerprint density at radius 1 is 1.25 bits per heavy atom. The lowest BCUT2D eigenvalue weighted by atomic mass is 9.97. The van der Waals surface area contributed by atoms with E-state index in [9.17, 15) is 0 Å². The number of nitrogen functional groups attached to an aromatic ring is 1. The van der Waals surface area contributed by atoms with Crippen molar-refractivity contribution >= 4 is 21.6 Å². The average molecular weight is 284 g/mol. The van der Waals surface area contributed by atoms with Crippen LogP contribution in [0.3, 0.4) is 0 Å². The van der Waals surface area contributed by atoms with Crippen LogP contribution < -0.4 is 10.5 Å². The Bertz CT molecular complexity index is 349. The summed E-state index contributed by atoms with van der Waals surface area (Å²) >= 11 is 3.44. The monoisotopic (exact) mass is 283 g/mol. The Balaban J connectivity index is 2.14. The molecule has 2 nitrogen and oxygen atoms in total. The first-order valence-electron chi connectivity index (χ1n) is 5.89. The number of hydrogen-bond donors (Lipinski definition) is 1. The highest BCUT2D eigenvalue weighted by molar-refractivity contribution is 9.10. The molecule has 0 spiro atoms. The second-order valence-corrected chi connectivity index (χ2v) is 5.43. The van der Waals surface area contributed by atoms with Crippen LogP contribution in [0.25, 0.3) is 0 Å². The number of hydrogen-bond acceptors (Lipinski definition) is 2. The molecule has 0 amide bonds. The van der Waals surface area contributed by atoms with E-state index in [0.29, 0.717) is 6.10 Å². The van der Waals surface area contributed by atoms with Crippen molar-refractivity contribution in [3.05, 3.63) is 22.2 Å². The molecule has 3 heteroatoms. The highest BCUT2D eigenvalue weighted by atomic mass is 79.9. The lowest BCUT2D eigenvalue weighted by Crippen LogP contribution is -2.20. The van der Waals surface area contributed by atoms with Crippen LogP contribution in [0.1, 0.15) is 37.7 Å². The van der Waals surface area contributed by atoms with Crippen molar-refractivity contribution in [1.82, 2.24) is 0 Å². The van der Waals surface area contributed by atoms with E-state index in [1.807, 2.05) is 13.0 Å². The normalized spacial score (nSPS) is 17.4. The Morgan fingerprint density at radius 2 is 1.94 bits per heavy atom. The van der Waals surface area contributed by atoms with Crippen LogP contribution in [-0.2, 0) is 0 Å². The summed E-state index contributed by atoms with van der Waals surface area (Å²) < 4.78 is 7.04. The molecule has 88 valence electrons. The lowest BCUT2D eigenvalue weighted by Gasteiger charge is -2.24. The van der Waals surface area contributed by atoms with Gasteiger partial charge in [0.15, 0.2) is 0 Å². The molecule has 2 N–H and O–H groups in total. The number of aryl methyl sites for hydroxylation is 1. The van der Waals surface area contributed by atoms with Gasteiger partial charge >= 0.3 is 0 Å². The molecule has 0 aromatic heterocycles. The maximum Gasteiger partial charge on any atom is 0.145 e. The predicted octanol–water partition coefficient (Wildman–Crippen LogP) is 4.05. The molecule has 1 fully saturated rings. The van der Waals surface area contributed by atoms with E-state index < -0.39 is 0 Å². The van der Waals surface area contributed by atoms with E-state index in [4.69, 9.17) is 10.5 Å². The molecule has 1 saturated carbocycles. The van der Waals surface area contributed by atoms with Gasteiger partial charge in [-0.1, -0.05) is 22.4 Å². The summed E-state index contributed by atoms with van der Waals surface area (Å²) in [5, 5.41) is 0. The third-order valence-corrected chi connectivity index (χ3v) is 3.56. The molecule has 16 heavy (non-hydrogen) atoms. The van der Waals surface area contributed by atoms with Crippen LogP contribution in [0.4, 0.5) is 5.69 Å². The first kappa shape index (κ1) is 11.8. The fraction of sp³-hybridized carbons (Fsp3) is 0.538. The molecule has 1 aliphatic rings. The van der Waals surface area contributed by atoms with Crippen molar-refractivity contribution in [1.29, 1.82) is 0 Å². The van der Waals surface area contributed by atoms with Gasteiger partial charge in [-0.2, -0.15) is 0 Å². The zero-order valence-electron chi connectivity index (χ0n) is 9.63. The van der Waals surface area contributed by atoms with Gasteiger partial charge in [-0.25, -0.2) is 0 Å². The fourth-order valence-electron chi connectivity index (χ4n) is 2.27. The lowest BCUT2D eigenvalue weighted by molar-refractivity contribution is 0.155. The third-order valence-electron chi connectivity index (χ3n) is 3.10. The molecule has 1 aromatic rings. The van der Waals surface area contributed by atoms with Crippen LogP contribution in [0.5, 0.6) is 5.75 Å². The second kappa shape index (κ2) is 5.09. The van der Waals surface area contributed by atoms with Crippen LogP contribution in [0.2, 0.25) is 0 Å². The molecule has 0 heterocycles. The van der Waals surface area contributed by atoms with Crippen molar-refractivity contribution in [2.45, 2.75) is 45.1 Å². The molecule has 0 atom stereocenters. The van der Waals surface area contributed by atoms with Gasteiger partial charge in [0.1, 0.15) is 5.75 Å². The Hall–Kier alpha value is -0.700. The summed E-state index contributed by atoms with van der Waals surface area (Å²) in [6.45, 7) is 2.04. The van der Waals surface area contributed by atoms with E-state index in [2.05, 4.69) is 22.0 Å². The van der Waals surface area contributed by atoms with Crippen molar-refractivity contribution in [3.63, 3.8) is 0 Å². The first-order chi connectivity index (χ1) is 7.66. The van der Waals surface area contributed by atoms with E-state index in [-0.39, 0.29) is 0 Å². The maximum absolute atomic E-state index is 6.03. The van der Waals surface area contributed by atoms with E-state index in [1.54, 1.807) is 0 Å². The second-order valence-electron chi connectivity index (χ2n) is 4.52. The molecule has 0 saturated heterocycles. The fourth-order valence-corrected chi connectivity index (χ4v) is 2.86. The highest BCUT2D eigenvalue weighted by Crippen LogP contribution is 2.33. The molecular weight excluding hydrogens is 266 g/mol. The van der Waals surface area contributed by atoms with E-state index in [0.717, 1.165) is 34.3 Å². The quantitative estimate of drug-likeness (QED) is 0.831. The van der Waals surface area contributed by atoms with E-state index in [1.165, 1.54) is 19.3 Å². The van der Waals surface area contributed by atoms with Gasteiger partial charge in [0.2, 0.25) is 0 Å². The van der Waals surface area contributed by atoms with E-state index >= 15 is 0 Å². The first-order valence-corrected chi connectivity index (χ1v) is 6.68. The molecule has 0 bridgehead atoms. The van der Waals surface area contributed by atoms with Gasteiger partial charge in [-0.15, -0.1) is 0 Å².